The molecule has 2 amide bonds. The van der Waals surface area contributed by atoms with Crippen LogP contribution < -0.4 is 5.32 Å². The number of hydrogen-bond donors (Lipinski definition) is 1. The monoisotopic (exact) mass is 353 g/mol. The third kappa shape index (κ3) is 5.33. The second kappa shape index (κ2) is 8.64. The highest BCUT2D eigenvalue weighted by Crippen LogP contribution is 2.10. The van der Waals surface area contributed by atoms with Gasteiger partial charge < -0.3 is 14.5 Å². The molecule has 1 fully saturated rings. The van der Waals surface area contributed by atoms with Crippen LogP contribution in [0.1, 0.15) is 11.8 Å². The number of thiophene rings is 1. The normalized spacial score (nSPS) is 14.8. The Morgan fingerprint density at radius 1 is 1.35 bits per heavy atom. The maximum Gasteiger partial charge on any atom is 0.409 e. The summed E-state index contributed by atoms with van der Waals surface area (Å²) < 4.78 is 4.97. The second-order valence-corrected chi connectivity index (χ2v) is 6.18. The van der Waals surface area contributed by atoms with Crippen LogP contribution in [0.5, 0.6) is 0 Å². The Morgan fingerprint density at radius 3 is 2.65 bits per heavy atom. The Labute approximate surface area is 144 Å². The molecular formula is C15H19N3O3S2. The zero-order chi connectivity index (χ0) is 16.7. The van der Waals surface area contributed by atoms with Gasteiger partial charge in [0.1, 0.15) is 0 Å². The zero-order valence-corrected chi connectivity index (χ0v) is 14.5. The summed E-state index contributed by atoms with van der Waals surface area (Å²) in [6, 6.07) is 3.86. The van der Waals surface area contributed by atoms with Gasteiger partial charge in [0.15, 0.2) is 5.11 Å². The van der Waals surface area contributed by atoms with Gasteiger partial charge in [-0.05, 0) is 36.7 Å². The van der Waals surface area contributed by atoms with Crippen molar-refractivity contribution in [2.24, 2.45) is 0 Å². The third-order valence-corrected chi connectivity index (χ3v) is 4.46. The van der Waals surface area contributed by atoms with Crippen molar-refractivity contribution in [1.29, 1.82) is 0 Å². The highest BCUT2D eigenvalue weighted by molar-refractivity contribution is 7.80. The van der Waals surface area contributed by atoms with Gasteiger partial charge in [0, 0.05) is 37.1 Å². The summed E-state index contributed by atoms with van der Waals surface area (Å²) in [7, 11) is 0. The highest BCUT2D eigenvalue weighted by Gasteiger charge is 2.23. The first-order valence-corrected chi connectivity index (χ1v) is 8.62. The molecule has 0 spiro atoms. The minimum atomic E-state index is -0.305. The molecule has 1 aliphatic rings. The number of carbonyl (C=O) groups is 2. The Balaban J connectivity index is 1.76. The fourth-order valence-electron chi connectivity index (χ4n) is 2.08. The average Bonchev–Trinajstić information content (AvgIpc) is 3.07. The molecule has 1 aromatic rings. The van der Waals surface area contributed by atoms with Gasteiger partial charge >= 0.3 is 6.09 Å². The van der Waals surface area contributed by atoms with E-state index in [4.69, 9.17) is 17.0 Å². The Hall–Kier alpha value is -1.93. The summed E-state index contributed by atoms with van der Waals surface area (Å²) in [5.41, 5.74) is 0. The van der Waals surface area contributed by atoms with E-state index in [-0.39, 0.29) is 12.0 Å². The molecule has 2 heterocycles. The molecule has 1 saturated heterocycles. The topological polar surface area (TPSA) is 61.9 Å². The highest BCUT2D eigenvalue weighted by atomic mass is 32.1. The van der Waals surface area contributed by atoms with Crippen LogP contribution in [0.4, 0.5) is 4.79 Å². The summed E-state index contributed by atoms with van der Waals surface area (Å²) in [4.78, 5) is 28.0. The van der Waals surface area contributed by atoms with E-state index in [0.29, 0.717) is 37.9 Å². The lowest BCUT2D eigenvalue weighted by Gasteiger charge is -2.35. The molecule has 8 heteroatoms. The lowest BCUT2D eigenvalue weighted by Crippen LogP contribution is -2.53. The number of carbonyl (C=O) groups excluding carboxylic acids is 2. The van der Waals surface area contributed by atoms with Gasteiger partial charge in [0.05, 0.1) is 6.61 Å². The Kier molecular flexibility index (Phi) is 6.54. The first-order chi connectivity index (χ1) is 11.1. The maximum absolute atomic E-state index is 11.9. The number of nitrogens with zero attached hydrogens (tertiary/aromatic N) is 2. The number of thiocarbonyl (C=S) groups is 1. The lowest BCUT2D eigenvalue weighted by atomic mass is 10.3. The van der Waals surface area contributed by atoms with E-state index in [9.17, 15) is 9.59 Å². The molecule has 0 saturated carbocycles. The van der Waals surface area contributed by atoms with Crippen LogP contribution in [-0.4, -0.2) is 59.7 Å². The van der Waals surface area contributed by atoms with Gasteiger partial charge in [0.25, 0.3) is 0 Å². The van der Waals surface area contributed by atoms with E-state index < -0.39 is 0 Å². The van der Waals surface area contributed by atoms with Gasteiger partial charge in [-0.1, -0.05) is 6.07 Å². The first kappa shape index (κ1) is 17.4. The number of amides is 2. The van der Waals surface area contributed by atoms with Crippen LogP contribution in [0.3, 0.4) is 0 Å². The van der Waals surface area contributed by atoms with Crippen molar-refractivity contribution in [1.82, 2.24) is 15.1 Å². The summed E-state index contributed by atoms with van der Waals surface area (Å²) in [6.07, 6.45) is 2.91. The summed E-state index contributed by atoms with van der Waals surface area (Å²) in [6.45, 7) is 4.35. The molecule has 6 nitrogen and oxygen atoms in total. The fraction of sp³-hybridized carbons (Fsp3) is 0.400. The van der Waals surface area contributed by atoms with Crippen molar-refractivity contribution in [3.63, 3.8) is 0 Å². The maximum atomic E-state index is 11.9. The van der Waals surface area contributed by atoms with Crippen molar-refractivity contribution >= 4 is 46.7 Å². The van der Waals surface area contributed by atoms with Crippen LogP contribution in [0, 0.1) is 0 Å². The van der Waals surface area contributed by atoms with Crippen LogP contribution in [0.25, 0.3) is 6.08 Å². The summed E-state index contributed by atoms with van der Waals surface area (Å²) in [5, 5.41) is 5.02. The number of hydrogen-bond acceptors (Lipinski definition) is 5. The molecule has 1 aliphatic heterocycles. The van der Waals surface area contributed by atoms with Gasteiger partial charge in [-0.15, -0.1) is 11.3 Å². The van der Waals surface area contributed by atoms with Gasteiger partial charge in [0.2, 0.25) is 5.91 Å². The predicted octanol–water partition coefficient (Wildman–Crippen LogP) is 1.94. The quantitative estimate of drug-likeness (QED) is 0.665. The number of rotatable bonds is 3. The minimum absolute atomic E-state index is 0.253. The van der Waals surface area contributed by atoms with Crippen LogP contribution >= 0.6 is 23.6 Å². The Morgan fingerprint density at radius 2 is 2.04 bits per heavy atom. The molecule has 124 valence electrons. The Bertz CT molecular complexity index is 579. The largest absolute Gasteiger partial charge is 0.450 e. The average molecular weight is 353 g/mol. The molecule has 1 aromatic heterocycles. The van der Waals surface area contributed by atoms with Crippen molar-refractivity contribution in [3.05, 3.63) is 28.5 Å². The van der Waals surface area contributed by atoms with Crippen molar-refractivity contribution in [2.45, 2.75) is 6.92 Å². The van der Waals surface area contributed by atoms with Crippen molar-refractivity contribution in [3.8, 4) is 0 Å². The van der Waals surface area contributed by atoms with E-state index >= 15 is 0 Å². The minimum Gasteiger partial charge on any atom is -0.450 e. The SMILES string of the molecule is CCOC(=O)N1CCN(C(=S)NC(=O)/C=C/c2cccs2)CC1. The van der Waals surface area contributed by atoms with Crippen LogP contribution in [-0.2, 0) is 9.53 Å². The fourth-order valence-corrected chi connectivity index (χ4v) is 2.98. The van der Waals surface area contributed by atoms with E-state index in [1.807, 2.05) is 22.4 Å². The zero-order valence-electron chi connectivity index (χ0n) is 12.9. The molecule has 0 unspecified atom stereocenters. The lowest BCUT2D eigenvalue weighted by molar-refractivity contribution is -0.115. The van der Waals surface area contributed by atoms with E-state index in [1.165, 1.54) is 6.08 Å². The molecule has 0 radical (unpaired) electrons. The van der Waals surface area contributed by atoms with Crippen molar-refractivity contribution < 1.29 is 14.3 Å². The van der Waals surface area contributed by atoms with Crippen LogP contribution in [0.15, 0.2) is 23.6 Å². The van der Waals surface area contributed by atoms with Crippen LogP contribution in [0.2, 0.25) is 0 Å². The summed E-state index contributed by atoms with van der Waals surface area (Å²) >= 11 is 6.81. The molecule has 0 aliphatic carbocycles. The van der Waals surface area contributed by atoms with Gasteiger partial charge in [-0.2, -0.15) is 0 Å². The van der Waals surface area contributed by atoms with Crippen molar-refractivity contribution in [2.75, 3.05) is 32.8 Å². The standard InChI is InChI=1S/C15H19N3O3S2/c1-2-21-15(20)18-9-7-17(8-10-18)14(22)16-13(19)6-5-12-4-3-11-23-12/h3-6,11H,2,7-10H2,1H3,(H,16,19,22)/b6-5+. The third-order valence-electron chi connectivity index (χ3n) is 3.27. The molecule has 23 heavy (non-hydrogen) atoms. The number of nitrogens with one attached hydrogen (secondary N) is 1. The van der Waals surface area contributed by atoms with Gasteiger partial charge in [-0.25, -0.2) is 4.79 Å². The molecular weight excluding hydrogens is 334 g/mol. The smallest absolute Gasteiger partial charge is 0.409 e. The van der Waals surface area contributed by atoms with Gasteiger partial charge in [-0.3, -0.25) is 10.1 Å². The second-order valence-electron chi connectivity index (χ2n) is 4.82. The van der Waals surface area contributed by atoms with E-state index in [0.717, 1.165) is 4.88 Å². The first-order valence-electron chi connectivity index (χ1n) is 7.33. The predicted molar refractivity (Wildman–Crippen MR) is 94.3 cm³/mol. The summed E-state index contributed by atoms with van der Waals surface area (Å²) in [5.74, 6) is -0.253. The van der Waals surface area contributed by atoms with E-state index in [2.05, 4.69) is 5.32 Å². The molecule has 0 aromatic carbocycles. The molecule has 0 atom stereocenters. The number of ether oxygens (including phenoxy) is 1. The molecule has 0 bridgehead atoms. The van der Waals surface area contributed by atoms with E-state index in [1.54, 1.807) is 29.2 Å². The molecule has 1 N–H and O–H groups in total. The number of piperazine rings is 1. The molecule has 2 rings (SSSR count).